The summed E-state index contributed by atoms with van der Waals surface area (Å²) in [5.41, 5.74) is 1.91. The maximum Gasteiger partial charge on any atom is 0.224 e. The molecule has 3 rings (SSSR count). The number of nitrogens with one attached hydrogen (secondary N) is 1. The number of hydrogen-bond donors (Lipinski definition) is 1. The highest BCUT2D eigenvalue weighted by atomic mass is 16.3. The molecule has 6 heteroatoms. The topological polar surface area (TPSA) is 65.8 Å². The van der Waals surface area contributed by atoms with E-state index in [0.717, 1.165) is 31.9 Å². The molecule has 2 heterocycles. The van der Waals surface area contributed by atoms with E-state index in [2.05, 4.69) is 22.2 Å². The van der Waals surface area contributed by atoms with Crippen molar-refractivity contribution in [2.45, 2.75) is 12.8 Å². The number of furan rings is 1. The van der Waals surface area contributed by atoms with Crippen molar-refractivity contribution in [2.24, 2.45) is 0 Å². The van der Waals surface area contributed by atoms with Crippen LogP contribution in [0.3, 0.4) is 0 Å². The molecule has 1 saturated heterocycles. The minimum atomic E-state index is -0.174. The van der Waals surface area contributed by atoms with Gasteiger partial charge in [-0.3, -0.25) is 9.59 Å². The molecular weight excluding hydrogens is 318 g/mol. The number of rotatable bonds is 6. The molecule has 0 radical (unpaired) electrons. The van der Waals surface area contributed by atoms with E-state index in [-0.39, 0.29) is 24.5 Å². The fourth-order valence-electron chi connectivity index (χ4n) is 2.83. The van der Waals surface area contributed by atoms with Crippen molar-refractivity contribution in [1.82, 2.24) is 4.90 Å². The molecule has 1 aliphatic rings. The van der Waals surface area contributed by atoms with Gasteiger partial charge in [0, 0.05) is 50.4 Å². The Kier molecular flexibility index (Phi) is 5.50. The van der Waals surface area contributed by atoms with Crippen molar-refractivity contribution in [2.75, 3.05) is 43.4 Å². The molecule has 0 saturated carbocycles. The second kappa shape index (κ2) is 7.98. The smallest absolute Gasteiger partial charge is 0.224 e. The van der Waals surface area contributed by atoms with Gasteiger partial charge in [0.25, 0.3) is 0 Å². The van der Waals surface area contributed by atoms with E-state index in [1.165, 1.54) is 12.0 Å². The standard InChI is InChI=1S/C19H23N3O3/c1-21-10-12-22(13-11-21)16-6-4-15(5-7-16)20-19(24)9-8-17(23)18-3-2-14-25-18/h2-7,14H,8-13H2,1H3,(H,20,24). The summed E-state index contributed by atoms with van der Waals surface area (Å²) >= 11 is 0. The lowest BCUT2D eigenvalue weighted by Crippen LogP contribution is -2.44. The van der Waals surface area contributed by atoms with E-state index < -0.39 is 0 Å². The Hall–Kier alpha value is -2.60. The molecule has 6 nitrogen and oxygen atoms in total. The lowest BCUT2D eigenvalue weighted by molar-refractivity contribution is -0.116. The predicted octanol–water partition coefficient (Wildman–Crippen LogP) is 2.63. The second-order valence-corrected chi connectivity index (χ2v) is 6.29. The summed E-state index contributed by atoms with van der Waals surface area (Å²) in [7, 11) is 2.13. The number of nitrogens with zero attached hydrogens (tertiary/aromatic N) is 2. The van der Waals surface area contributed by atoms with Crippen molar-refractivity contribution in [3.05, 3.63) is 48.4 Å². The van der Waals surface area contributed by atoms with E-state index in [1.54, 1.807) is 12.1 Å². The molecule has 2 aromatic rings. The van der Waals surface area contributed by atoms with Crippen LogP contribution in [0.15, 0.2) is 47.1 Å². The van der Waals surface area contributed by atoms with Crippen molar-refractivity contribution in [3.63, 3.8) is 0 Å². The number of Topliss-reactive ketones (excluding diaryl/α,β-unsaturated/α-hetero) is 1. The molecule has 0 atom stereocenters. The highest BCUT2D eigenvalue weighted by Gasteiger charge is 2.15. The number of likely N-dealkylation sites (N-methyl/N-ethyl adjacent to an activating group) is 1. The molecule has 25 heavy (non-hydrogen) atoms. The molecule has 1 aliphatic heterocycles. The monoisotopic (exact) mass is 341 g/mol. The van der Waals surface area contributed by atoms with Gasteiger partial charge in [-0.15, -0.1) is 0 Å². The molecule has 0 unspecified atom stereocenters. The molecule has 0 aliphatic carbocycles. The van der Waals surface area contributed by atoms with Gasteiger partial charge < -0.3 is 19.5 Å². The zero-order valence-corrected chi connectivity index (χ0v) is 14.4. The lowest BCUT2D eigenvalue weighted by atomic mass is 10.1. The average molecular weight is 341 g/mol. The quantitative estimate of drug-likeness (QED) is 0.818. The Morgan fingerprint density at radius 1 is 1.04 bits per heavy atom. The number of hydrogen-bond acceptors (Lipinski definition) is 5. The van der Waals surface area contributed by atoms with Gasteiger partial charge in [0.1, 0.15) is 0 Å². The largest absolute Gasteiger partial charge is 0.461 e. The third kappa shape index (κ3) is 4.70. The number of carbonyl (C=O) groups excluding carboxylic acids is 2. The van der Waals surface area contributed by atoms with Gasteiger partial charge >= 0.3 is 0 Å². The summed E-state index contributed by atoms with van der Waals surface area (Å²) in [5, 5.41) is 2.83. The lowest BCUT2D eigenvalue weighted by Gasteiger charge is -2.34. The summed E-state index contributed by atoms with van der Waals surface area (Å²) in [6.07, 6.45) is 1.73. The maximum atomic E-state index is 12.0. The van der Waals surface area contributed by atoms with E-state index in [0.29, 0.717) is 5.76 Å². The Bertz CT molecular complexity index is 702. The summed E-state index contributed by atoms with van der Waals surface area (Å²) in [6, 6.07) is 11.1. The fraction of sp³-hybridized carbons (Fsp3) is 0.368. The van der Waals surface area contributed by atoms with E-state index in [4.69, 9.17) is 4.42 Å². The minimum absolute atomic E-state index is 0.138. The first-order valence-corrected chi connectivity index (χ1v) is 8.52. The highest BCUT2D eigenvalue weighted by molar-refractivity contribution is 5.98. The van der Waals surface area contributed by atoms with Crippen molar-refractivity contribution < 1.29 is 14.0 Å². The van der Waals surface area contributed by atoms with Crippen LogP contribution in [0.1, 0.15) is 23.4 Å². The van der Waals surface area contributed by atoms with Crippen LogP contribution < -0.4 is 10.2 Å². The third-order valence-electron chi connectivity index (χ3n) is 4.39. The van der Waals surface area contributed by atoms with Gasteiger partial charge in [-0.1, -0.05) is 0 Å². The van der Waals surface area contributed by atoms with E-state index in [9.17, 15) is 9.59 Å². The molecule has 1 N–H and O–H groups in total. The van der Waals surface area contributed by atoms with Crippen LogP contribution in [0.2, 0.25) is 0 Å². The minimum Gasteiger partial charge on any atom is -0.461 e. The molecule has 1 aromatic heterocycles. The van der Waals surface area contributed by atoms with Crippen LogP contribution in [0, 0.1) is 0 Å². The molecule has 0 spiro atoms. The highest BCUT2D eigenvalue weighted by Crippen LogP contribution is 2.19. The van der Waals surface area contributed by atoms with Gasteiger partial charge in [0.05, 0.1) is 6.26 Å². The number of amides is 1. The second-order valence-electron chi connectivity index (χ2n) is 6.29. The zero-order chi connectivity index (χ0) is 17.6. The predicted molar refractivity (Wildman–Crippen MR) is 97.1 cm³/mol. The number of anilines is 2. The summed E-state index contributed by atoms with van der Waals surface area (Å²) in [6.45, 7) is 4.14. The first kappa shape index (κ1) is 17.2. The molecule has 1 fully saturated rings. The van der Waals surface area contributed by atoms with Gasteiger partial charge in [-0.25, -0.2) is 0 Å². The van der Waals surface area contributed by atoms with Crippen LogP contribution in [0.4, 0.5) is 11.4 Å². The van der Waals surface area contributed by atoms with Crippen molar-refractivity contribution in [1.29, 1.82) is 0 Å². The van der Waals surface area contributed by atoms with Crippen LogP contribution in [0.25, 0.3) is 0 Å². The number of carbonyl (C=O) groups is 2. The maximum absolute atomic E-state index is 12.0. The van der Waals surface area contributed by atoms with Crippen LogP contribution in [0.5, 0.6) is 0 Å². The molecular formula is C19H23N3O3. The average Bonchev–Trinajstić information content (AvgIpc) is 3.16. The molecule has 132 valence electrons. The van der Waals surface area contributed by atoms with Crippen LogP contribution >= 0.6 is 0 Å². The van der Waals surface area contributed by atoms with Gasteiger partial charge in [-0.2, -0.15) is 0 Å². The molecule has 1 aromatic carbocycles. The first-order chi connectivity index (χ1) is 12.1. The Labute approximate surface area is 147 Å². The normalized spacial score (nSPS) is 15.2. The first-order valence-electron chi connectivity index (χ1n) is 8.52. The van der Waals surface area contributed by atoms with Crippen molar-refractivity contribution >= 4 is 23.1 Å². The molecule has 0 bridgehead atoms. The van der Waals surface area contributed by atoms with Gasteiger partial charge in [0.15, 0.2) is 11.5 Å². The Morgan fingerprint density at radius 3 is 2.40 bits per heavy atom. The summed E-state index contributed by atoms with van der Waals surface area (Å²) in [4.78, 5) is 28.5. The SMILES string of the molecule is CN1CCN(c2ccc(NC(=O)CCC(=O)c3ccco3)cc2)CC1. The molecule has 1 amide bonds. The summed E-state index contributed by atoms with van der Waals surface area (Å²) in [5.74, 6) is -0.0397. The van der Waals surface area contributed by atoms with Gasteiger partial charge in [-0.05, 0) is 43.4 Å². The van der Waals surface area contributed by atoms with Crippen LogP contribution in [-0.2, 0) is 4.79 Å². The Morgan fingerprint density at radius 2 is 1.76 bits per heavy atom. The number of benzene rings is 1. The van der Waals surface area contributed by atoms with Crippen LogP contribution in [-0.4, -0.2) is 49.8 Å². The number of ketones is 1. The van der Waals surface area contributed by atoms with E-state index in [1.807, 2.05) is 24.3 Å². The van der Waals surface area contributed by atoms with E-state index >= 15 is 0 Å². The number of piperazine rings is 1. The fourth-order valence-corrected chi connectivity index (χ4v) is 2.83. The van der Waals surface area contributed by atoms with Crippen molar-refractivity contribution in [3.8, 4) is 0 Å². The third-order valence-corrected chi connectivity index (χ3v) is 4.39. The zero-order valence-electron chi connectivity index (χ0n) is 14.4. The van der Waals surface area contributed by atoms with Gasteiger partial charge in [0.2, 0.25) is 5.91 Å². The Balaban J connectivity index is 1.47. The summed E-state index contributed by atoms with van der Waals surface area (Å²) < 4.78 is 5.03.